The highest BCUT2D eigenvalue weighted by molar-refractivity contribution is 7.92. The number of rotatable bonds is 11. The van der Waals surface area contributed by atoms with Crippen LogP contribution < -0.4 is 14.8 Å². The summed E-state index contributed by atoms with van der Waals surface area (Å²) in [5.41, 5.74) is 7.31. The monoisotopic (exact) mass is 663 g/mol. The SMILES string of the molecule is CCCc1nc2c(C)cc(C(=O)Nc3ccccc3OC)cc2n1Cc1ccc(-c2ccccc2S(=O)(=O)Nc2onc(C)c2C)cc1. The van der Waals surface area contributed by atoms with E-state index < -0.39 is 10.0 Å². The van der Waals surface area contributed by atoms with Crippen molar-refractivity contribution in [3.05, 3.63) is 119 Å². The minimum atomic E-state index is -3.96. The summed E-state index contributed by atoms with van der Waals surface area (Å²) in [5.74, 6) is 1.38. The number of anilines is 2. The van der Waals surface area contributed by atoms with Crippen LogP contribution in [0.25, 0.3) is 22.2 Å². The van der Waals surface area contributed by atoms with Crippen molar-refractivity contribution >= 4 is 38.5 Å². The van der Waals surface area contributed by atoms with Crippen molar-refractivity contribution in [2.75, 3.05) is 17.1 Å². The number of imidazole rings is 1. The molecule has 6 aromatic rings. The van der Waals surface area contributed by atoms with E-state index in [0.29, 0.717) is 40.4 Å². The maximum Gasteiger partial charge on any atom is 0.264 e. The predicted octanol–water partition coefficient (Wildman–Crippen LogP) is 7.68. The number of fused-ring (bicyclic) bond motifs is 1. The molecule has 2 heterocycles. The first-order valence-electron chi connectivity index (χ1n) is 15.7. The van der Waals surface area contributed by atoms with Crippen LogP contribution in [-0.4, -0.2) is 36.1 Å². The van der Waals surface area contributed by atoms with Crippen LogP contribution in [0.1, 0.15) is 51.9 Å². The van der Waals surface area contributed by atoms with Crippen LogP contribution in [0.4, 0.5) is 11.6 Å². The number of ether oxygens (including phenoxy) is 1. The smallest absolute Gasteiger partial charge is 0.264 e. The molecule has 0 aliphatic carbocycles. The molecule has 2 N–H and O–H groups in total. The second-order valence-electron chi connectivity index (χ2n) is 11.7. The van der Waals surface area contributed by atoms with Gasteiger partial charge in [-0.05, 0) is 74.2 Å². The number of hydrogen-bond donors (Lipinski definition) is 2. The van der Waals surface area contributed by atoms with E-state index in [9.17, 15) is 13.2 Å². The molecule has 2 aromatic heterocycles. The van der Waals surface area contributed by atoms with Gasteiger partial charge in [0.15, 0.2) is 0 Å². The van der Waals surface area contributed by atoms with Crippen LogP contribution in [0.15, 0.2) is 94.3 Å². The highest BCUT2D eigenvalue weighted by Crippen LogP contribution is 2.31. The molecular formula is C37H37N5O5S. The van der Waals surface area contributed by atoms with Crippen molar-refractivity contribution in [3.8, 4) is 16.9 Å². The van der Waals surface area contributed by atoms with Crippen molar-refractivity contribution < 1.29 is 22.5 Å². The number of sulfonamides is 1. The number of amides is 1. The summed E-state index contributed by atoms with van der Waals surface area (Å²) in [6, 6.07) is 25.7. The van der Waals surface area contributed by atoms with E-state index in [1.165, 1.54) is 0 Å². The van der Waals surface area contributed by atoms with Gasteiger partial charge in [0.05, 0.1) is 34.4 Å². The van der Waals surface area contributed by atoms with Gasteiger partial charge in [-0.15, -0.1) is 0 Å². The molecule has 246 valence electrons. The molecule has 0 spiro atoms. The second kappa shape index (κ2) is 13.4. The Balaban J connectivity index is 1.31. The van der Waals surface area contributed by atoms with Gasteiger partial charge in [0, 0.05) is 29.7 Å². The van der Waals surface area contributed by atoms with Gasteiger partial charge in [0.2, 0.25) is 5.88 Å². The van der Waals surface area contributed by atoms with Crippen molar-refractivity contribution in [1.82, 2.24) is 14.7 Å². The Kier molecular flexibility index (Phi) is 9.05. The minimum Gasteiger partial charge on any atom is -0.495 e. The lowest BCUT2D eigenvalue weighted by atomic mass is 10.0. The standard InChI is InChI=1S/C37H37N5O5S/c1-6-11-34-39-35-23(2)20-28(36(43)38-30-13-8-9-14-32(30)46-5)21-31(35)42(34)22-26-16-18-27(19-17-26)29-12-7-10-15-33(29)48(44,45)41-37-24(3)25(4)40-47-37/h7-10,12-21,41H,6,11,22H2,1-5H3,(H,38,43). The Hall–Kier alpha value is -5.42. The highest BCUT2D eigenvalue weighted by Gasteiger charge is 2.23. The first kappa shape index (κ1) is 32.5. The van der Waals surface area contributed by atoms with Gasteiger partial charge in [-0.3, -0.25) is 4.79 Å². The summed E-state index contributed by atoms with van der Waals surface area (Å²) in [6.45, 7) is 8.11. The van der Waals surface area contributed by atoms with Crippen molar-refractivity contribution in [2.24, 2.45) is 0 Å². The molecular weight excluding hydrogens is 627 g/mol. The highest BCUT2D eigenvalue weighted by atomic mass is 32.2. The molecule has 48 heavy (non-hydrogen) atoms. The molecule has 0 atom stereocenters. The quantitative estimate of drug-likeness (QED) is 0.146. The molecule has 11 heteroatoms. The van der Waals surface area contributed by atoms with Gasteiger partial charge in [0.25, 0.3) is 15.9 Å². The molecule has 0 aliphatic heterocycles. The van der Waals surface area contributed by atoms with Crippen LogP contribution in [0.3, 0.4) is 0 Å². The first-order chi connectivity index (χ1) is 23.1. The number of carbonyl (C=O) groups excluding carboxylic acids is 1. The Labute approximate surface area is 279 Å². The molecule has 0 fully saturated rings. The molecule has 4 aromatic carbocycles. The summed E-state index contributed by atoms with van der Waals surface area (Å²) in [6.07, 6.45) is 1.69. The molecule has 6 rings (SSSR count). The molecule has 10 nitrogen and oxygen atoms in total. The van der Waals surface area contributed by atoms with Crippen LogP contribution >= 0.6 is 0 Å². The lowest BCUT2D eigenvalue weighted by Gasteiger charge is -2.13. The third-order valence-corrected chi connectivity index (χ3v) is 9.77. The van der Waals surface area contributed by atoms with E-state index >= 15 is 0 Å². The van der Waals surface area contributed by atoms with Crippen LogP contribution in [-0.2, 0) is 23.0 Å². The van der Waals surface area contributed by atoms with E-state index in [4.69, 9.17) is 14.2 Å². The van der Waals surface area contributed by atoms with Gasteiger partial charge in [-0.25, -0.2) is 18.1 Å². The van der Waals surface area contributed by atoms with Crippen LogP contribution in [0, 0.1) is 20.8 Å². The largest absolute Gasteiger partial charge is 0.495 e. The number of para-hydroxylation sites is 2. The molecule has 1 amide bonds. The first-order valence-corrected chi connectivity index (χ1v) is 17.2. The molecule has 0 aliphatic rings. The fraction of sp³-hybridized carbons (Fsp3) is 0.216. The van der Waals surface area contributed by atoms with Gasteiger partial charge >= 0.3 is 0 Å². The normalized spacial score (nSPS) is 11.5. The summed E-state index contributed by atoms with van der Waals surface area (Å²) >= 11 is 0. The number of nitrogens with one attached hydrogen (secondary N) is 2. The van der Waals surface area contributed by atoms with E-state index in [1.807, 2.05) is 61.5 Å². The van der Waals surface area contributed by atoms with Gasteiger partial charge in [-0.1, -0.05) is 66.7 Å². The lowest BCUT2D eigenvalue weighted by Crippen LogP contribution is -2.14. The van der Waals surface area contributed by atoms with Crippen LogP contribution in [0.5, 0.6) is 5.75 Å². The minimum absolute atomic E-state index is 0.101. The predicted molar refractivity (Wildman–Crippen MR) is 187 cm³/mol. The van der Waals surface area contributed by atoms with E-state index in [0.717, 1.165) is 46.4 Å². The van der Waals surface area contributed by atoms with Crippen LogP contribution in [0.2, 0.25) is 0 Å². The zero-order chi connectivity index (χ0) is 34.0. The number of aromatic nitrogens is 3. The third kappa shape index (κ3) is 6.41. The average Bonchev–Trinajstić information content (AvgIpc) is 3.59. The van der Waals surface area contributed by atoms with Crippen molar-refractivity contribution in [3.63, 3.8) is 0 Å². The maximum absolute atomic E-state index is 13.5. The zero-order valence-electron chi connectivity index (χ0n) is 27.5. The Morgan fingerprint density at radius 1 is 0.958 bits per heavy atom. The number of carbonyl (C=O) groups is 1. The van der Waals surface area contributed by atoms with E-state index in [1.54, 1.807) is 51.3 Å². The van der Waals surface area contributed by atoms with E-state index in [2.05, 4.69) is 26.7 Å². The van der Waals surface area contributed by atoms with Crippen molar-refractivity contribution in [1.29, 1.82) is 0 Å². The summed E-state index contributed by atoms with van der Waals surface area (Å²) < 4.78 is 42.2. The fourth-order valence-corrected chi connectivity index (χ4v) is 6.98. The molecule has 0 saturated heterocycles. The van der Waals surface area contributed by atoms with Gasteiger partial charge < -0.3 is 19.1 Å². The Bertz CT molecular complexity index is 2240. The Morgan fingerprint density at radius 2 is 1.69 bits per heavy atom. The number of methoxy groups -OCH3 is 1. The molecule has 0 radical (unpaired) electrons. The summed E-state index contributed by atoms with van der Waals surface area (Å²) in [7, 11) is -2.39. The third-order valence-electron chi connectivity index (χ3n) is 8.38. The number of hydrogen-bond acceptors (Lipinski definition) is 7. The lowest BCUT2D eigenvalue weighted by molar-refractivity contribution is 0.102. The van der Waals surface area contributed by atoms with Gasteiger partial charge in [0.1, 0.15) is 11.6 Å². The van der Waals surface area contributed by atoms with E-state index in [-0.39, 0.29) is 16.7 Å². The molecule has 0 bridgehead atoms. The Morgan fingerprint density at radius 3 is 2.40 bits per heavy atom. The topological polar surface area (TPSA) is 128 Å². The summed E-state index contributed by atoms with van der Waals surface area (Å²) in [4.78, 5) is 18.5. The second-order valence-corrected chi connectivity index (χ2v) is 13.4. The number of aryl methyl sites for hydroxylation is 3. The summed E-state index contributed by atoms with van der Waals surface area (Å²) in [5, 5.41) is 6.84. The van der Waals surface area contributed by atoms with Crippen molar-refractivity contribution in [2.45, 2.75) is 52.0 Å². The average molecular weight is 664 g/mol. The van der Waals surface area contributed by atoms with Gasteiger partial charge in [-0.2, -0.15) is 0 Å². The fourth-order valence-electron chi connectivity index (χ4n) is 5.70. The zero-order valence-corrected chi connectivity index (χ0v) is 28.3. The number of benzene rings is 4. The number of nitrogens with zero attached hydrogens (tertiary/aromatic N) is 3. The maximum atomic E-state index is 13.5. The molecule has 0 unspecified atom stereocenters. The molecule has 0 saturated carbocycles.